The van der Waals surface area contributed by atoms with Crippen LogP contribution in [0.1, 0.15) is 24.0 Å². The highest BCUT2D eigenvalue weighted by atomic mass is 16.3. The summed E-state index contributed by atoms with van der Waals surface area (Å²) in [4.78, 5) is 11.8. The molecule has 0 radical (unpaired) electrons. The molecule has 112 valence electrons. The monoisotopic (exact) mass is 294 g/mol. The van der Waals surface area contributed by atoms with Crippen molar-refractivity contribution in [3.8, 4) is 11.5 Å². The van der Waals surface area contributed by atoms with Crippen LogP contribution in [0.3, 0.4) is 0 Å². The summed E-state index contributed by atoms with van der Waals surface area (Å²) in [5.74, 6) is 0.467. The second-order valence-electron chi connectivity index (χ2n) is 4.87. The van der Waals surface area contributed by atoms with Crippen molar-refractivity contribution in [1.29, 1.82) is 0 Å². The Morgan fingerprint density at radius 2 is 1.18 bits per heavy atom. The minimum Gasteiger partial charge on any atom is -0.507 e. The van der Waals surface area contributed by atoms with E-state index in [1.165, 1.54) is 0 Å². The van der Waals surface area contributed by atoms with E-state index in [0.717, 1.165) is 0 Å². The topological polar surface area (TPSA) is 57.5 Å². The number of Topliss-reactive ketones (excluding diaryl/α,β-unsaturated/α-hetero) is 1. The molecule has 0 bridgehead atoms. The molecule has 22 heavy (non-hydrogen) atoms. The number of carbonyl (C=O) groups excluding carboxylic acids is 1. The lowest BCUT2D eigenvalue weighted by atomic mass is 10.1. The van der Waals surface area contributed by atoms with Crippen LogP contribution in [0.25, 0.3) is 12.2 Å². The summed E-state index contributed by atoms with van der Waals surface area (Å²) in [5, 5.41) is 19.2. The van der Waals surface area contributed by atoms with Crippen LogP contribution in [0.4, 0.5) is 0 Å². The summed E-state index contributed by atoms with van der Waals surface area (Å²) in [6, 6.07) is 14.0. The molecule has 0 aliphatic heterocycles. The van der Waals surface area contributed by atoms with E-state index in [1.54, 1.807) is 60.7 Å². The van der Waals surface area contributed by atoms with E-state index in [1.807, 2.05) is 12.1 Å². The molecule has 2 aromatic rings. The van der Waals surface area contributed by atoms with E-state index in [-0.39, 0.29) is 17.3 Å². The number of ketones is 1. The van der Waals surface area contributed by atoms with Gasteiger partial charge in [-0.25, -0.2) is 0 Å². The molecule has 0 saturated heterocycles. The van der Waals surface area contributed by atoms with Crippen molar-refractivity contribution in [1.82, 2.24) is 0 Å². The Morgan fingerprint density at radius 1 is 0.773 bits per heavy atom. The van der Waals surface area contributed by atoms with Crippen LogP contribution >= 0.6 is 0 Å². The number of hydrogen-bond donors (Lipinski definition) is 2. The number of rotatable bonds is 6. The molecule has 0 amide bonds. The van der Waals surface area contributed by atoms with Crippen LogP contribution in [-0.2, 0) is 4.79 Å². The zero-order valence-electron chi connectivity index (χ0n) is 12.1. The van der Waals surface area contributed by atoms with Gasteiger partial charge in [0.05, 0.1) is 0 Å². The lowest BCUT2D eigenvalue weighted by molar-refractivity contribution is -0.117. The van der Waals surface area contributed by atoms with Gasteiger partial charge in [-0.2, -0.15) is 0 Å². The second-order valence-corrected chi connectivity index (χ2v) is 4.87. The Hall–Kier alpha value is -2.81. The molecule has 0 atom stereocenters. The van der Waals surface area contributed by atoms with Gasteiger partial charge in [0, 0.05) is 24.0 Å². The maximum atomic E-state index is 11.8. The molecule has 0 spiro atoms. The molecule has 0 aliphatic carbocycles. The van der Waals surface area contributed by atoms with E-state index >= 15 is 0 Å². The third-order valence-corrected chi connectivity index (χ3v) is 3.16. The zero-order chi connectivity index (χ0) is 15.8. The number of benzene rings is 2. The number of carbonyl (C=O) groups is 1. The van der Waals surface area contributed by atoms with Gasteiger partial charge in [0.1, 0.15) is 17.3 Å². The van der Waals surface area contributed by atoms with Gasteiger partial charge in [-0.15, -0.1) is 0 Å². The van der Waals surface area contributed by atoms with Crippen molar-refractivity contribution in [3.05, 3.63) is 71.8 Å². The molecule has 0 saturated carbocycles. The Kier molecular flexibility index (Phi) is 5.55. The molecule has 3 nitrogen and oxygen atoms in total. The average Bonchev–Trinajstić information content (AvgIpc) is 2.51. The Bertz CT molecular complexity index is 640. The Labute approximate surface area is 129 Å². The fraction of sp³-hybridized carbons (Fsp3) is 0.105. The molecule has 2 aromatic carbocycles. The highest BCUT2D eigenvalue weighted by Crippen LogP contribution is 2.18. The van der Waals surface area contributed by atoms with Crippen molar-refractivity contribution in [2.24, 2.45) is 0 Å². The minimum absolute atomic E-state index is 0.0679. The van der Waals surface area contributed by atoms with Crippen LogP contribution in [0.5, 0.6) is 11.5 Å². The van der Waals surface area contributed by atoms with Crippen molar-refractivity contribution in [2.45, 2.75) is 12.8 Å². The van der Waals surface area contributed by atoms with Crippen LogP contribution in [0.2, 0.25) is 0 Å². The first-order valence-corrected chi connectivity index (χ1v) is 7.07. The van der Waals surface area contributed by atoms with Crippen LogP contribution in [0, 0.1) is 0 Å². The van der Waals surface area contributed by atoms with Gasteiger partial charge in [0.25, 0.3) is 0 Å². The van der Waals surface area contributed by atoms with Crippen LogP contribution < -0.4 is 0 Å². The molecule has 0 aromatic heterocycles. The average molecular weight is 294 g/mol. The first-order valence-electron chi connectivity index (χ1n) is 7.07. The van der Waals surface area contributed by atoms with E-state index in [0.29, 0.717) is 24.0 Å². The SMILES string of the molecule is O=C(C/C=C/c1ccccc1O)C/C=C/c1ccccc1O. The molecule has 0 heterocycles. The fourth-order valence-electron chi connectivity index (χ4n) is 1.97. The maximum Gasteiger partial charge on any atom is 0.140 e. The number of allylic oxidation sites excluding steroid dienone is 2. The molecule has 0 unspecified atom stereocenters. The highest BCUT2D eigenvalue weighted by molar-refractivity contribution is 5.83. The first kappa shape index (κ1) is 15.6. The zero-order valence-corrected chi connectivity index (χ0v) is 12.1. The van der Waals surface area contributed by atoms with Crippen molar-refractivity contribution in [2.75, 3.05) is 0 Å². The number of phenolic OH excluding ortho intramolecular Hbond substituents is 2. The Morgan fingerprint density at radius 3 is 1.59 bits per heavy atom. The smallest absolute Gasteiger partial charge is 0.140 e. The third kappa shape index (κ3) is 4.63. The highest BCUT2D eigenvalue weighted by Gasteiger charge is 1.98. The summed E-state index contributed by atoms with van der Waals surface area (Å²) in [6.07, 6.45) is 7.56. The quantitative estimate of drug-likeness (QED) is 0.840. The van der Waals surface area contributed by atoms with E-state index in [9.17, 15) is 15.0 Å². The molecule has 0 fully saturated rings. The van der Waals surface area contributed by atoms with Gasteiger partial charge in [0.15, 0.2) is 0 Å². The van der Waals surface area contributed by atoms with E-state index < -0.39 is 0 Å². The number of phenols is 2. The lowest BCUT2D eigenvalue weighted by Gasteiger charge is -1.98. The number of aromatic hydroxyl groups is 2. The summed E-state index contributed by atoms with van der Waals surface area (Å²) >= 11 is 0. The van der Waals surface area contributed by atoms with Gasteiger partial charge < -0.3 is 10.2 Å². The largest absolute Gasteiger partial charge is 0.507 e. The summed E-state index contributed by atoms with van der Waals surface area (Å²) < 4.78 is 0. The van der Waals surface area contributed by atoms with Crippen LogP contribution in [0.15, 0.2) is 60.7 Å². The van der Waals surface area contributed by atoms with E-state index in [4.69, 9.17) is 0 Å². The maximum absolute atomic E-state index is 11.8. The molecule has 2 rings (SSSR count). The van der Waals surface area contributed by atoms with Gasteiger partial charge in [0.2, 0.25) is 0 Å². The normalized spacial score (nSPS) is 11.3. The van der Waals surface area contributed by atoms with Crippen LogP contribution in [-0.4, -0.2) is 16.0 Å². The first-order chi connectivity index (χ1) is 10.7. The van der Waals surface area contributed by atoms with Crippen molar-refractivity contribution >= 4 is 17.9 Å². The van der Waals surface area contributed by atoms with Gasteiger partial charge in [-0.3, -0.25) is 4.79 Å². The predicted octanol–water partition coefficient (Wildman–Crippen LogP) is 4.17. The van der Waals surface area contributed by atoms with Gasteiger partial charge in [-0.1, -0.05) is 60.7 Å². The predicted molar refractivity (Wildman–Crippen MR) is 88.5 cm³/mol. The number of hydrogen-bond acceptors (Lipinski definition) is 3. The summed E-state index contributed by atoms with van der Waals surface area (Å²) in [6.45, 7) is 0. The standard InChI is InChI=1S/C19H18O3/c20-17(11-5-9-15-7-1-3-13-18(15)21)12-6-10-16-8-2-4-14-19(16)22/h1-10,13-14,21-22H,11-12H2/b9-5+,10-6+. The van der Waals surface area contributed by atoms with Crippen molar-refractivity contribution < 1.29 is 15.0 Å². The molecular formula is C19H18O3. The second kappa shape index (κ2) is 7.84. The molecule has 0 aliphatic rings. The molecule has 2 N–H and O–H groups in total. The molecule has 3 heteroatoms. The third-order valence-electron chi connectivity index (χ3n) is 3.16. The summed E-state index contributed by atoms with van der Waals surface area (Å²) in [7, 11) is 0. The summed E-state index contributed by atoms with van der Waals surface area (Å²) in [5.41, 5.74) is 1.39. The Balaban J connectivity index is 1.84. The van der Waals surface area contributed by atoms with Gasteiger partial charge in [-0.05, 0) is 12.1 Å². The minimum atomic E-state index is 0.0679. The van der Waals surface area contributed by atoms with E-state index in [2.05, 4.69) is 0 Å². The number of para-hydroxylation sites is 2. The van der Waals surface area contributed by atoms with Crippen molar-refractivity contribution in [3.63, 3.8) is 0 Å². The lowest BCUT2D eigenvalue weighted by Crippen LogP contribution is -1.92. The van der Waals surface area contributed by atoms with Gasteiger partial charge >= 0.3 is 0 Å². The fourth-order valence-corrected chi connectivity index (χ4v) is 1.97. The molecular weight excluding hydrogens is 276 g/mol.